The third kappa shape index (κ3) is 6.43. The highest BCUT2D eigenvalue weighted by atomic mass is 32.2. The first-order chi connectivity index (χ1) is 14.0. The van der Waals surface area contributed by atoms with Crippen LogP contribution in [0.3, 0.4) is 0 Å². The molecule has 8 nitrogen and oxygen atoms in total. The van der Waals surface area contributed by atoms with Crippen molar-refractivity contribution in [2.45, 2.75) is 38.2 Å². The second-order valence-electron chi connectivity index (χ2n) is 7.55. The molecule has 0 atom stereocenters. The number of sulfonamides is 1. The molecule has 1 amide bonds. The molecule has 9 heteroatoms. The van der Waals surface area contributed by atoms with Crippen LogP contribution in [0.25, 0.3) is 10.8 Å². The molecule has 0 aromatic heterocycles. The van der Waals surface area contributed by atoms with E-state index in [0.717, 1.165) is 9.69 Å². The molecule has 0 aliphatic heterocycles. The molecule has 0 aliphatic carbocycles. The van der Waals surface area contributed by atoms with Gasteiger partial charge >= 0.3 is 12.1 Å². The maximum Gasteiger partial charge on any atom is 0.407 e. The van der Waals surface area contributed by atoms with Crippen LogP contribution >= 0.6 is 0 Å². The van der Waals surface area contributed by atoms with Gasteiger partial charge in [-0.25, -0.2) is 13.2 Å². The van der Waals surface area contributed by atoms with E-state index in [1.54, 1.807) is 45.9 Å². The summed E-state index contributed by atoms with van der Waals surface area (Å²) >= 11 is 0. The van der Waals surface area contributed by atoms with Crippen LogP contribution < -0.4 is 5.32 Å². The Morgan fingerprint density at radius 1 is 1.07 bits per heavy atom. The molecule has 2 rings (SSSR count). The minimum absolute atomic E-state index is 0.0294. The van der Waals surface area contributed by atoms with Crippen molar-refractivity contribution in [3.63, 3.8) is 0 Å². The molecule has 0 bridgehead atoms. The molecule has 0 heterocycles. The molecular formula is C21H28N2O6S. The lowest BCUT2D eigenvalue weighted by atomic mass is 10.1. The molecule has 164 valence electrons. The minimum Gasteiger partial charge on any atom is -0.465 e. The average Bonchev–Trinajstić information content (AvgIpc) is 2.65. The Hall–Kier alpha value is -2.65. The smallest absolute Gasteiger partial charge is 0.407 e. The van der Waals surface area contributed by atoms with Gasteiger partial charge in [-0.05, 0) is 39.1 Å². The Morgan fingerprint density at radius 2 is 1.73 bits per heavy atom. The van der Waals surface area contributed by atoms with Gasteiger partial charge in [0.1, 0.15) is 12.1 Å². The number of hydrogen-bond acceptors (Lipinski definition) is 6. The number of rotatable bonds is 8. The monoisotopic (exact) mass is 436 g/mol. The highest BCUT2D eigenvalue weighted by molar-refractivity contribution is 7.89. The molecule has 0 spiro atoms. The number of ether oxygens (including phenoxy) is 2. The molecule has 0 unspecified atom stereocenters. The third-order valence-corrected chi connectivity index (χ3v) is 5.91. The third-order valence-electron chi connectivity index (χ3n) is 4.01. The lowest BCUT2D eigenvalue weighted by Gasteiger charge is -2.23. The van der Waals surface area contributed by atoms with Crippen LogP contribution in [0, 0.1) is 0 Å². The Labute approximate surface area is 177 Å². The van der Waals surface area contributed by atoms with Gasteiger partial charge in [0.05, 0.1) is 11.5 Å². The number of nitrogens with one attached hydrogen (secondary N) is 1. The fourth-order valence-corrected chi connectivity index (χ4v) is 4.39. The largest absolute Gasteiger partial charge is 0.465 e. The Bertz CT molecular complexity index is 993. The second-order valence-corrected chi connectivity index (χ2v) is 9.46. The number of amides is 1. The van der Waals surface area contributed by atoms with Crippen LogP contribution in [-0.2, 0) is 24.3 Å². The molecule has 1 N–H and O–H groups in total. The van der Waals surface area contributed by atoms with Gasteiger partial charge in [0.15, 0.2) is 0 Å². The number of carbonyl (C=O) groups is 2. The Kier molecular flexibility index (Phi) is 7.80. The SMILES string of the molecule is CCOC(=O)CN(CCNC(=O)OC(C)(C)C)S(=O)(=O)c1cccc2ccccc12. The number of carbonyl (C=O) groups excluding carboxylic acids is 2. The molecule has 2 aromatic rings. The van der Waals surface area contributed by atoms with Crippen molar-refractivity contribution in [1.82, 2.24) is 9.62 Å². The summed E-state index contributed by atoms with van der Waals surface area (Å²) in [7, 11) is -4.03. The molecule has 30 heavy (non-hydrogen) atoms. The summed E-state index contributed by atoms with van der Waals surface area (Å²) < 4.78 is 37.8. The lowest BCUT2D eigenvalue weighted by Crippen LogP contribution is -2.42. The van der Waals surface area contributed by atoms with Crippen LogP contribution in [0.5, 0.6) is 0 Å². The molecule has 0 saturated carbocycles. The van der Waals surface area contributed by atoms with Crippen LogP contribution in [0.15, 0.2) is 47.4 Å². The van der Waals surface area contributed by atoms with Gasteiger partial charge in [0.2, 0.25) is 10.0 Å². The van der Waals surface area contributed by atoms with Gasteiger partial charge in [-0.15, -0.1) is 0 Å². The Balaban J connectivity index is 2.26. The summed E-state index contributed by atoms with van der Waals surface area (Å²) in [4.78, 5) is 24.0. The van der Waals surface area contributed by atoms with Crippen LogP contribution in [0.2, 0.25) is 0 Å². The summed E-state index contributed by atoms with van der Waals surface area (Å²) in [5, 5.41) is 3.83. The maximum absolute atomic E-state index is 13.4. The number of fused-ring (bicyclic) bond motifs is 1. The molecular weight excluding hydrogens is 408 g/mol. The highest BCUT2D eigenvalue weighted by Gasteiger charge is 2.29. The summed E-state index contributed by atoms with van der Waals surface area (Å²) in [5.41, 5.74) is -0.677. The normalized spacial score (nSPS) is 12.0. The van der Waals surface area contributed by atoms with Crippen molar-refractivity contribution < 1.29 is 27.5 Å². The molecule has 0 radical (unpaired) electrons. The first-order valence-corrected chi connectivity index (χ1v) is 11.1. The topological polar surface area (TPSA) is 102 Å². The van der Waals surface area contributed by atoms with E-state index in [1.807, 2.05) is 18.2 Å². The van der Waals surface area contributed by atoms with E-state index in [4.69, 9.17) is 9.47 Å². The van der Waals surface area contributed by atoms with Crippen molar-refractivity contribution in [2.24, 2.45) is 0 Å². The minimum atomic E-state index is -4.03. The van der Waals surface area contributed by atoms with Gasteiger partial charge in [-0.2, -0.15) is 4.31 Å². The number of benzene rings is 2. The summed E-state index contributed by atoms with van der Waals surface area (Å²) in [6, 6.07) is 12.1. The van der Waals surface area contributed by atoms with E-state index < -0.39 is 34.2 Å². The highest BCUT2D eigenvalue weighted by Crippen LogP contribution is 2.25. The van der Waals surface area contributed by atoms with Gasteiger partial charge < -0.3 is 14.8 Å². The predicted molar refractivity (Wildman–Crippen MR) is 114 cm³/mol. The molecule has 2 aromatic carbocycles. The lowest BCUT2D eigenvalue weighted by molar-refractivity contribution is -0.143. The second kappa shape index (κ2) is 9.90. The fourth-order valence-electron chi connectivity index (χ4n) is 2.79. The van der Waals surface area contributed by atoms with Crippen molar-refractivity contribution in [1.29, 1.82) is 0 Å². The number of hydrogen-bond donors (Lipinski definition) is 1. The van der Waals surface area contributed by atoms with Crippen LogP contribution in [0.1, 0.15) is 27.7 Å². The van der Waals surface area contributed by atoms with Crippen molar-refractivity contribution in [3.05, 3.63) is 42.5 Å². The number of alkyl carbamates (subject to hydrolysis) is 1. The average molecular weight is 437 g/mol. The van der Waals surface area contributed by atoms with Gasteiger partial charge in [-0.1, -0.05) is 36.4 Å². The van der Waals surface area contributed by atoms with Crippen molar-refractivity contribution in [2.75, 3.05) is 26.2 Å². The van der Waals surface area contributed by atoms with Crippen molar-refractivity contribution >= 4 is 32.9 Å². The predicted octanol–water partition coefficient (Wildman–Crippen LogP) is 2.92. The first-order valence-electron chi connectivity index (χ1n) is 9.65. The van der Waals surface area contributed by atoms with E-state index in [1.165, 1.54) is 6.07 Å². The zero-order valence-electron chi connectivity index (χ0n) is 17.7. The van der Waals surface area contributed by atoms with Gasteiger partial charge in [0, 0.05) is 18.5 Å². The van der Waals surface area contributed by atoms with E-state index in [0.29, 0.717) is 5.39 Å². The Morgan fingerprint density at radius 3 is 2.40 bits per heavy atom. The standard InChI is InChI=1S/C21H28N2O6S/c1-5-28-19(24)15-23(14-13-22-20(25)29-21(2,3)4)30(26,27)18-12-8-10-16-9-6-7-11-17(16)18/h6-12H,5,13-15H2,1-4H3,(H,22,25). The number of nitrogens with zero attached hydrogens (tertiary/aromatic N) is 1. The summed E-state index contributed by atoms with van der Waals surface area (Å²) in [6.07, 6.45) is -0.666. The number of esters is 1. The van der Waals surface area contributed by atoms with Gasteiger partial charge in [-0.3, -0.25) is 4.79 Å². The van der Waals surface area contributed by atoms with Crippen LogP contribution in [0.4, 0.5) is 4.79 Å². The zero-order valence-corrected chi connectivity index (χ0v) is 18.5. The van der Waals surface area contributed by atoms with E-state index >= 15 is 0 Å². The summed E-state index contributed by atoms with van der Waals surface area (Å²) in [6.45, 7) is 6.35. The maximum atomic E-state index is 13.4. The fraction of sp³-hybridized carbons (Fsp3) is 0.429. The van der Waals surface area contributed by atoms with Crippen molar-refractivity contribution in [3.8, 4) is 0 Å². The quantitative estimate of drug-likeness (QED) is 0.639. The summed E-state index contributed by atoms with van der Waals surface area (Å²) in [5.74, 6) is -0.668. The van der Waals surface area contributed by atoms with Crippen LogP contribution in [-0.4, -0.2) is 56.6 Å². The molecule has 0 fully saturated rings. The van der Waals surface area contributed by atoms with E-state index in [-0.39, 0.29) is 24.6 Å². The molecule has 0 aliphatic rings. The van der Waals surface area contributed by atoms with E-state index in [2.05, 4.69) is 5.32 Å². The molecule has 0 saturated heterocycles. The van der Waals surface area contributed by atoms with Gasteiger partial charge in [0.25, 0.3) is 0 Å². The zero-order chi connectivity index (χ0) is 22.4. The van der Waals surface area contributed by atoms with E-state index in [9.17, 15) is 18.0 Å². The first kappa shape index (κ1) is 23.6.